The van der Waals surface area contributed by atoms with Crippen molar-refractivity contribution in [3.05, 3.63) is 71.8 Å². The topological polar surface area (TPSA) is 94.0 Å². The van der Waals surface area contributed by atoms with E-state index in [1.165, 1.54) is 0 Å². The number of hydrazone groups is 1. The molecule has 2 aromatic rings. The fourth-order valence-electron chi connectivity index (χ4n) is 2.19. The van der Waals surface area contributed by atoms with E-state index in [2.05, 4.69) is 5.10 Å². The Morgan fingerprint density at radius 3 is 1.96 bits per heavy atom. The highest BCUT2D eigenvalue weighted by Gasteiger charge is 2.36. The van der Waals surface area contributed by atoms with Crippen molar-refractivity contribution in [2.45, 2.75) is 0 Å². The molecule has 1 aliphatic heterocycles. The molecule has 1 aliphatic rings. The van der Waals surface area contributed by atoms with Crippen LogP contribution < -0.4 is 14.0 Å². The summed E-state index contributed by atoms with van der Waals surface area (Å²) in [4.78, 5) is 0.524. The largest absolute Gasteiger partial charge is 0.258 e. The lowest BCUT2D eigenvalue weighted by Gasteiger charge is -2.15. The van der Waals surface area contributed by atoms with Crippen LogP contribution in [-0.4, -0.2) is 22.1 Å². The Hall–Kier alpha value is -1.74. The SMILES string of the molecule is CN1N=C(c2ccccc2)S(O[Cl+3]([O-])([O-])[O-])=C1c1ccccc1. The second-order valence-electron chi connectivity index (χ2n) is 4.68. The smallest absolute Gasteiger partial charge is 0.187 e. The van der Waals surface area contributed by atoms with Crippen molar-refractivity contribution >= 4 is 20.8 Å². The molecule has 0 aromatic heterocycles. The Labute approximate surface area is 138 Å². The van der Waals surface area contributed by atoms with Crippen LogP contribution in [0.5, 0.6) is 0 Å². The molecule has 0 fully saturated rings. The maximum absolute atomic E-state index is 11.2. The molecule has 8 heteroatoms. The summed E-state index contributed by atoms with van der Waals surface area (Å²) >= 11 is 0. The Kier molecular flexibility index (Phi) is 4.49. The third-order valence-electron chi connectivity index (χ3n) is 3.07. The summed E-state index contributed by atoms with van der Waals surface area (Å²) in [6.45, 7) is 0. The summed E-state index contributed by atoms with van der Waals surface area (Å²) in [5.41, 5.74) is 1.44. The van der Waals surface area contributed by atoms with Gasteiger partial charge < -0.3 is 0 Å². The van der Waals surface area contributed by atoms with Crippen molar-refractivity contribution in [2.24, 2.45) is 5.10 Å². The molecule has 3 rings (SSSR count). The molecule has 1 atom stereocenters. The van der Waals surface area contributed by atoms with Crippen LogP contribution in [-0.2, 0) is 3.74 Å². The second kappa shape index (κ2) is 6.40. The standard InChI is InChI=1S/C15H13ClN2O4S/c1-18-15(13-10-6-3-7-11-13)23(22-16(19,20)21)14(17-18)12-8-4-2-5-9-12/h2-11H,1H3. The lowest BCUT2D eigenvalue weighted by molar-refractivity contribution is -1.91. The van der Waals surface area contributed by atoms with Crippen LogP contribution in [0.15, 0.2) is 65.8 Å². The summed E-state index contributed by atoms with van der Waals surface area (Å²) in [7, 11) is -4.32. The molecule has 23 heavy (non-hydrogen) atoms. The zero-order chi connectivity index (χ0) is 16.4. The molecule has 1 unspecified atom stereocenters. The number of rotatable bonds is 4. The fraction of sp³-hybridized carbons (Fsp3) is 0.0667. The molecule has 6 nitrogen and oxygen atoms in total. The predicted octanol–water partition coefficient (Wildman–Crippen LogP) is -0.430. The maximum atomic E-state index is 11.2. The molecular formula is C15H13ClN2O4S. The van der Waals surface area contributed by atoms with Crippen LogP contribution in [0.25, 0.3) is 0 Å². The number of hydrogen-bond donors (Lipinski definition) is 0. The monoisotopic (exact) mass is 352 g/mol. The Bertz CT molecular complexity index is 760. The lowest BCUT2D eigenvalue weighted by atomic mass is 10.2. The molecule has 0 spiro atoms. The maximum Gasteiger partial charge on any atom is 0.187 e. The average molecular weight is 353 g/mol. The molecule has 0 bridgehead atoms. The van der Waals surface area contributed by atoms with Crippen molar-refractivity contribution in [3.8, 4) is 0 Å². The van der Waals surface area contributed by atoms with Crippen molar-refractivity contribution < 1.29 is 28.0 Å². The highest BCUT2D eigenvalue weighted by Crippen LogP contribution is 2.35. The summed E-state index contributed by atoms with van der Waals surface area (Å²) in [6, 6.07) is 18.2. The third-order valence-corrected chi connectivity index (χ3v) is 5.71. The van der Waals surface area contributed by atoms with Crippen molar-refractivity contribution in [1.82, 2.24) is 5.01 Å². The van der Waals surface area contributed by atoms with Crippen molar-refractivity contribution in [1.29, 1.82) is 0 Å². The first-order chi connectivity index (χ1) is 11.0. The minimum atomic E-state index is -4.58. The number of nitrogens with zero attached hydrogens (tertiary/aromatic N) is 2. The van der Waals surface area contributed by atoms with Gasteiger partial charge in [-0.1, -0.05) is 60.7 Å². The van der Waals surface area contributed by atoms with Gasteiger partial charge in [0.05, 0.1) is 10.2 Å². The van der Waals surface area contributed by atoms with Gasteiger partial charge in [0, 0.05) is 18.2 Å². The Balaban J connectivity index is 2.14. The molecular weight excluding hydrogens is 340 g/mol. The molecule has 1 heterocycles. The zero-order valence-corrected chi connectivity index (χ0v) is 13.7. The first kappa shape index (κ1) is 16.1. The number of hydrogen-bond acceptors (Lipinski definition) is 6. The Morgan fingerprint density at radius 2 is 1.43 bits per heavy atom. The minimum Gasteiger partial charge on any atom is -0.258 e. The van der Waals surface area contributed by atoms with Crippen LogP contribution in [0, 0.1) is 10.2 Å². The van der Waals surface area contributed by atoms with Gasteiger partial charge in [-0.25, -0.2) is 0 Å². The highest BCUT2D eigenvalue weighted by atomic mass is 35.7. The number of benzene rings is 2. The van der Waals surface area contributed by atoms with Gasteiger partial charge in [-0.15, -0.1) is 0 Å². The van der Waals surface area contributed by atoms with Gasteiger partial charge in [0.1, 0.15) is 8.72 Å². The lowest BCUT2D eigenvalue weighted by Crippen LogP contribution is -2.60. The van der Waals surface area contributed by atoms with Gasteiger partial charge in [0.2, 0.25) is 0 Å². The minimum absolute atomic E-state index is 0.402. The zero-order valence-electron chi connectivity index (χ0n) is 12.1. The van der Waals surface area contributed by atoms with Crippen molar-refractivity contribution in [3.63, 3.8) is 0 Å². The molecule has 0 saturated heterocycles. The van der Waals surface area contributed by atoms with E-state index in [9.17, 15) is 14.0 Å². The van der Waals surface area contributed by atoms with Crippen LogP contribution in [0.4, 0.5) is 0 Å². The van der Waals surface area contributed by atoms with Gasteiger partial charge in [0.15, 0.2) is 15.8 Å². The quantitative estimate of drug-likeness (QED) is 0.696. The summed E-state index contributed by atoms with van der Waals surface area (Å²) in [5.74, 6) is 0. The van der Waals surface area contributed by atoms with E-state index in [4.69, 9.17) is 3.74 Å². The van der Waals surface area contributed by atoms with E-state index in [1.54, 1.807) is 24.2 Å². The predicted molar refractivity (Wildman–Crippen MR) is 80.0 cm³/mol. The fourth-order valence-corrected chi connectivity index (χ4v) is 4.64. The van der Waals surface area contributed by atoms with E-state index in [1.807, 2.05) is 48.5 Å². The van der Waals surface area contributed by atoms with Gasteiger partial charge in [0.25, 0.3) is 0 Å². The van der Waals surface area contributed by atoms with Crippen LogP contribution in [0.2, 0.25) is 0 Å². The van der Waals surface area contributed by atoms with E-state index >= 15 is 0 Å². The molecule has 0 radical (unpaired) electrons. The van der Waals surface area contributed by atoms with Crippen molar-refractivity contribution in [2.75, 3.05) is 7.05 Å². The first-order valence-electron chi connectivity index (χ1n) is 6.61. The second-order valence-corrected chi connectivity index (χ2v) is 7.25. The molecule has 120 valence electrons. The molecule has 0 saturated carbocycles. The van der Waals surface area contributed by atoms with E-state index in [0.29, 0.717) is 15.6 Å². The van der Waals surface area contributed by atoms with E-state index in [0.717, 1.165) is 5.56 Å². The average Bonchev–Trinajstić information content (AvgIpc) is 2.83. The summed E-state index contributed by atoms with van der Waals surface area (Å²) < 4.78 is 38.3. The summed E-state index contributed by atoms with van der Waals surface area (Å²) in [5, 5.41) is 6.32. The van der Waals surface area contributed by atoms with Crippen LogP contribution in [0.1, 0.15) is 11.1 Å². The van der Waals surface area contributed by atoms with Crippen LogP contribution in [0.3, 0.4) is 0 Å². The third kappa shape index (κ3) is 3.61. The normalized spacial score (nSPS) is 18.3. The highest BCUT2D eigenvalue weighted by molar-refractivity contribution is 8.25. The summed E-state index contributed by atoms with van der Waals surface area (Å²) in [6.07, 6.45) is 0. The van der Waals surface area contributed by atoms with Crippen LogP contribution >= 0.6 is 10.8 Å². The molecule has 0 N–H and O–H groups in total. The van der Waals surface area contributed by atoms with E-state index < -0.39 is 21.0 Å². The molecule has 0 aliphatic carbocycles. The Morgan fingerprint density at radius 1 is 0.913 bits per heavy atom. The van der Waals surface area contributed by atoms with Gasteiger partial charge in [-0.3, -0.25) is 5.01 Å². The number of halogens is 1. The van der Waals surface area contributed by atoms with Gasteiger partial charge in [-0.05, 0) is 0 Å². The molecule has 2 aromatic carbocycles. The molecule has 0 amide bonds. The van der Waals surface area contributed by atoms with Gasteiger partial charge >= 0.3 is 0 Å². The first-order valence-corrected chi connectivity index (χ1v) is 8.99. The van der Waals surface area contributed by atoms with E-state index in [-0.39, 0.29) is 0 Å². The van der Waals surface area contributed by atoms with Gasteiger partial charge in [-0.2, -0.15) is 19.1 Å².